The quantitative estimate of drug-likeness (QED) is 0.438. The van der Waals surface area contributed by atoms with Gasteiger partial charge < -0.3 is 18.3 Å². The van der Waals surface area contributed by atoms with Gasteiger partial charge in [-0.2, -0.15) is 0 Å². The molecule has 4 aromatic rings. The summed E-state index contributed by atoms with van der Waals surface area (Å²) in [5.41, 5.74) is 1.26. The van der Waals surface area contributed by atoms with Gasteiger partial charge in [0.15, 0.2) is 11.5 Å². The van der Waals surface area contributed by atoms with Gasteiger partial charge in [-0.15, -0.1) is 10.2 Å². The van der Waals surface area contributed by atoms with E-state index in [-0.39, 0.29) is 5.82 Å². The molecule has 2 aromatic heterocycles. The molecule has 5 rings (SSSR count). The van der Waals surface area contributed by atoms with E-state index in [2.05, 4.69) is 15.2 Å². The lowest BCUT2D eigenvalue weighted by Crippen LogP contribution is -2.21. The normalized spacial score (nSPS) is 15.4. The highest BCUT2D eigenvalue weighted by atomic mass is 32.2. The predicted molar refractivity (Wildman–Crippen MR) is 101 cm³/mol. The first-order chi connectivity index (χ1) is 14.2. The number of halogens is 1. The molecule has 0 N–H and O–H groups in total. The number of hydrogen-bond acceptors (Lipinski definition) is 8. The van der Waals surface area contributed by atoms with E-state index in [1.165, 1.54) is 30.2 Å². The average Bonchev–Trinajstić information content (AvgIpc) is 3.42. The van der Waals surface area contributed by atoms with E-state index in [0.717, 1.165) is 0 Å². The Balaban J connectivity index is 1.23. The third-order valence-electron chi connectivity index (χ3n) is 4.17. The van der Waals surface area contributed by atoms with Crippen molar-refractivity contribution in [3.05, 3.63) is 72.2 Å². The van der Waals surface area contributed by atoms with Crippen molar-refractivity contribution >= 4 is 11.8 Å². The number of oxazole rings is 1. The Bertz CT molecular complexity index is 1150. The van der Waals surface area contributed by atoms with Gasteiger partial charge in [-0.1, -0.05) is 30.0 Å². The molecule has 2 aromatic carbocycles. The van der Waals surface area contributed by atoms with Crippen molar-refractivity contribution in [2.45, 2.75) is 17.1 Å². The van der Waals surface area contributed by atoms with Gasteiger partial charge in [0.05, 0.1) is 5.69 Å². The minimum absolute atomic E-state index is 0.295. The van der Waals surface area contributed by atoms with Crippen LogP contribution in [0.2, 0.25) is 0 Å². The van der Waals surface area contributed by atoms with E-state index in [4.69, 9.17) is 18.3 Å². The molecule has 1 atom stereocenters. The van der Waals surface area contributed by atoms with E-state index in [1.807, 2.05) is 24.3 Å². The summed E-state index contributed by atoms with van der Waals surface area (Å²) in [4.78, 5) is 4.37. The van der Waals surface area contributed by atoms with Gasteiger partial charge in [0.1, 0.15) is 18.7 Å². The molecule has 29 heavy (non-hydrogen) atoms. The maximum absolute atomic E-state index is 13.3. The summed E-state index contributed by atoms with van der Waals surface area (Å²) in [5.74, 6) is 2.17. The Morgan fingerprint density at radius 3 is 2.86 bits per heavy atom. The van der Waals surface area contributed by atoms with Crippen LogP contribution in [0.1, 0.15) is 17.7 Å². The molecule has 146 valence electrons. The van der Waals surface area contributed by atoms with E-state index in [9.17, 15) is 4.39 Å². The predicted octanol–water partition coefficient (Wildman–Crippen LogP) is 4.67. The zero-order valence-electron chi connectivity index (χ0n) is 14.9. The lowest BCUT2D eigenvalue weighted by molar-refractivity contribution is 0.0686. The van der Waals surface area contributed by atoms with Crippen molar-refractivity contribution in [2.75, 3.05) is 6.61 Å². The summed E-state index contributed by atoms with van der Waals surface area (Å²) in [7, 11) is 0. The molecule has 3 heterocycles. The van der Waals surface area contributed by atoms with Gasteiger partial charge in [0, 0.05) is 11.3 Å². The van der Waals surface area contributed by atoms with E-state index in [1.54, 1.807) is 12.1 Å². The first kappa shape index (κ1) is 17.7. The highest BCUT2D eigenvalue weighted by molar-refractivity contribution is 7.98. The molecule has 0 spiro atoms. The van der Waals surface area contributed by atoms with Crippen LogP contribution < -0.4 is 9.47 Å². The Morgan fingerprint density at radius 2 is 1.97 bits per heavy atom. The summed E-state index contributed by atoms with van der Waals surface area (Å²) >= 11 is 1.32. The maximum atomic E-state index is 13.3. The van der Waals surface area contributed by atoms with Crippen LogP contribution in [0.25, 0.3) is 11.5 Å². The highest BCUT2D eigenvalue weighted by Crippen LogP contribution is 2.36. The molecule has 0 aliphatic carbocycles. The minimum Gasteiger partial charge on any atom is -0.485 e. The Morgan fingerprint density at radius 1 is 1.07 bits per heavy atom. The topological polar surface area (TPSA) is 83.4 Å². The number of fused-ring (bicyclic) bond motifs is 1. The first-order valence-corrected chi connectivity index (χ1v) is 9.78. The van der Waals surface area contributed by atoms with Gasteiger partial charge in [-0.05, 0) is 30.3 Å². The number of thioether (sulfide) groups is 1. The number of benzene rings is 2. The number of para-hydroxylation sites is 2. The van der Waals surface area contributed by atoms with E-state index < -0.39 is 6.10 Å². The minimum atomic E-state index is -0.460. The van der Waals surface area contributed by atoms with Crippen LogP contribution in [-0.2, 0) is 5.75 Å². The molecule has 7 nitrogen and oxygen atoms in total. The molecular weight excluding hydrogens is 397 g/mol. The number of aromatic nitrogens is 3. The van der Waals surface area contributed by atoms with Crippen LogP contribution in [-0.4, -0.2) is 21.8 Å². The summed E-state index contributed by atoms with van der Waals surface area (Å²) in [6.45, 7) is 0.295. The van der Waals surface area contributed by atoms with E-state index >= 15 is 0 Å². The number of ether oxygens (including phenoxy) is 2. The van der Waals surface area contributed by atoms with E-state index in [0.29, 0.717) is 52.1 Å². The fraction of sp³-hybridized carbons (Fsp3) is 0.150. The van der Waals surface area contributed by atoms with Gasteiger partial charge in [0.25, 0.3) is 11.1 Å². The molecule has 0 amide bonds. The van der Waals surface area contributed by atoms with Crippen LogP contribution in [0, 0.1) is 5.82 Å². The SMILES string of the molecule is Fc1cccc(-c2nc(CSc3nnc([C@H]4COc5ccccc5O4)o3)co2)c1. The molecule has 1 aliphatic heterocycles. The van der Waals surface area contributed by atoms with Crippen LogP contribution in [0.5, 0.6) is 11.5 Å². The highest BCUT2D eigenvalue weighted by Gasteiger charge is 2.27. The number of rotatable bonds is 5. The third kappa shape index (κ3) is 3.81. The maximum Gasteiger partial charge on any atom is 0.277 e. The number of hydrogen-bond donors (Lipinski definition) is 0. The van der Waals surface area contributed by atoms with Gasteiger partial charge >= 0.3 is 0 Å². The summed E-state index contributed by atoms with van der Waals surface area (Å²) in [6.07, 6.45) is 1.07. The van der Waals surface area contributed by atoms with Crippen LogP contribution in [0.15, 0.2) is 68.9 Å². The molecule has 0 unspecified atom stereocenters. The third-order valence-corrected chi connectivity index (χ3v) is 5.03. The Kier molecular flexibility index (Phi) is 4.65. The summed E-state index contributed by atoms with van der Waals surface area (Å²) < 4.78 is 36.0. The smallest absolute Gasteiger partial charge is 0.277 e. The van der Waals surface area contributed by atoms with Crippen LogP contribution in [0.4, 0.5) is 4.39 Å². The van der Waals surface area contributed by atoms with Crippen molar-refractivity contribution in [3.63, 3.8) is 0 Å². The van der Waals surface area contributed by atoms with Crippen molar-refractivity contribution < 1.29 is 22.7 Å². The summed E-state index contributed by atoms with van der Waals surface area (Å²) in [6, 6.07) is 13.5. The van der Waals surface area contributed by atoms with Crippen LogP contribution in [0.3, 0.4) is 0 Å². The molecular formula is C20H14FN3O4S. The second-order valence-corrected chi connectivity index (χ2v) is 7.14. The fourth-order valence-corrected chi connectivity index (χ4v) is 3.46. The lowest BCUT2D eigenvalue weighted by atomic mass is 10.2. The monoisotopic (exact) mass is 411 g/mol. The molecule has 9 heteroatoms. The van der Waals surface area contributed by atoms with Gasteiger partial charge in [-0.3, -0.25) is 0 Å². The standard InChI is InChI=1S/C20H14FN3O4S/c21-13-5-3-4-12(8-13)18-22-14(9-26-18)11-29-20-24-23-19(28-20)17-10-25-15-6-1-2-7-16(15)27-17/h1-9,17H,10-11H2/t17-/m1/s1. The fourth-order valence-electron chi connectivity index (χ4n) is 2.81. The zero-order valence-corrected chi connectivity index (χ0v) is 15.8. The second kappa shape index (κ2) is 7.59. The van der Waals surface area contributed by atoms with Crippen molar-refractivity contribution in [1.82, 2.24) is 15.2 Å². The first-order valence-electron chi connectivity index (χ1n) is 8.79. The Labute approximate surface area is 168 Å². The van der Waals surface area contributed by atoms with Gasteiger partial charge in [0.2, 0.25) is 12.0 Å². The second-order valence-electron chi connectivity index (χ2n) is 6.21. The molecule has 1 aliphatic rings. The largest absolute Gasteiger partial charge is 0.485 e. The van der Waals surface area contributed by atoms with Gasteiger partial charge in [-0.25, -0.2) is 9.37 Å². The lowest BCUT2D eigenvalue weighted by Gasteiger charge is -2.23. The molecule has 0 radical (unpaired) electrons. The molecule has 0 saturated carbocycles. The molecule has 0 fully saturated rings. The van der Waals surface area contributed by atoms with Crippen LogP contribution >= 0.6 is 11.8 Å². The van der Waals surface area contributed by atoms with Crippen molar-refractivity contribution in [1.29, 1.82) is 0 Å². The zero-order chi connectivity index (χ0) is 19.6. The molecule has 0 saturated heterocycles. The Hall–Kier alpha value is -3.33. The molecule has 0 bridgehead atoms. The van der Waals surface area contributed by atoms with Crippen molar-refractivity contribution in [3.8, 4) is 23.0 Å². The average molecular weight is 411 g/mol. The summed E-state index contributed by atoms with van der Waals surface area (Å²) in [5, 5.41) is 8.49. The number of nitrogens with zero attached hydrogens (tertiary/aromatic N) is 3. The van der Waals surface area contributed by atoms with Crippen molar-refractivity contribution in [2.24, 2.45) is 0 Å².